The predicted octanol–water partition coefficient (Wildman–Crippen LogP) is 3.66. The molecule has 4 aromatic rings. The molecule has 0 N–H and O–H groups in total. The summed E-state index contributed by atoms with van der Waals surface area (Å²) < 4.78 is 52.9. The standard InChI is InChI=1S/C28H30N4O5S3/c1-30(2)16-17-32(28-29-25-13-12-24(39(3,34)35)18-26(25)38-28)27(33)21-8-10-23(11-9-21)40(36,37)31-15-14-20-6-4-5-7-22(20)19-31/h4-13,18H,14-17,19H2,1-3H3. The van der Waals surface area contributed by atoms with Gasteiger partial charge in [0, 0.05) is 38.0 Å². The Balaban J connectivity index is 1.41. The number of fused-ring (bicyclic) bond motifs is 2. The van der Waals surface area contributed by atoms with Crippen molar-refractivity contribution in [2.24, 2.45) is 0 Å². The summed E-state index contributed by atoms with van der Waals surface area (Å²) in [4.78, 5) is 22.1. The number of sulfonamides is 1. The summed E-state index contributed by atoms with van der Waals surface area (Å²) >= 11 is 1.24. The topological polar surface area (TPSA) is 108 Å². The van der Waals surface area contributed by atoms with E-state index in [0.717, 1.165) is 17.4 Å². The molecule has 0 spiro atoms. The quantitative estimate of drug-likeness (QED) is 0.305. The predicted molar refractivity (Wildman–Crippen MR) is 157 cm³/mol. The number of carbonyl (C=O) groups is 1. The first-order chi connectivity index (χ1) is 18.9. The van der Waals surface area contributed by atoms with Crippen LogP contribution in [0.1, 0.15) is 21.5 Å². The maximum atomic E-state index is 13.7. The zero-order valence-corrected chi connectivity index (χ0v) is 24.9. The van der Waals surface area contributed by atoms with E-state index in [2.05, 4.69) is 4.98 Å². The van der Waals surface area contributed by atoms with E-state index in [0.29, 0.717) is 53.5 Å². The molecule has 0 bridgehead atoms. The number of likely N-dealkylation sites (N-methyl/N-ethyl adjacent to an activating group) is 1. The van der Waals surface area contributed by atoms with Gasteiger partial charge in [-0.15, -0.1) is 0 Å². The van der Waals surface area contributed by atoms with Gasteiger partial charge in [0.2, 0.25) is 10.0 Å². The van der Waals surface area contributed by atoms with Gasteiger partial charge in [0.1, 0.15) is 0 Å². The summed E-state index contributed by atoms with van der Waals surface area (Å²) in [6, 6.07) is 18.6. The Morgan fingerprint density at radius 3 is 2.27 bits per heavy atom. The van der Waals surface area contributed by atoms with Crippen molar-refractivity contribution in [2.75, 3.05) is 44.9 Å². The number of carbonyl (C=O) groups excluding carboxylic acids is 1. The molecular formula is C28H30N4O5S3. The number of sulfone groups is 1. The third-order valence-corrected chi connectivity index (χ3v) is 10.9. The van der Waals surface area contributed by atoms with Crippen LogP contribution in [0, 0.1) is 0 Å². The molecule has 1 aliphatic rings. The molecule has 0 radical (unpaired) electrons. The van der Waals surface area contributed by atoms with Crippen LogP contribution in [0.15, 0.2) is 76.5 Å². The number of nitrogens with zero attached hydrogens (tertiary/aromatic N) is 4. The van der Waals surface area contributed by atoms with Crippen LogP contribution in [0.3, 0.4) is 0 Å². The first-order valence-electron chi connectivity index (χ1n) is 12.7. The number of aromatic nitrogens is 1. The summed E-state index contributed by atoms with van der Waals surface area (Å²) in [6.45, 7) is 1.63. The zero-order valence-electron chi connectivity index (χ0n) is 22.4. The molecule has 0 fully saturated rings. The summed E-state index contributed by atoms with van der Waals surface area (Å²) in [5, 5.41) is 0.441. The highest BCUT2D eigenvalue weighted by Crippen LogP contribution is 2.32. The van der Waals surface area contributed by atoms with Crippen molar-refractivity contribution in [3.8, 4) is 0 Å². The lowest BCUT2D eigenvalue weighted by atomic mass is 10.0. The van der Waals surface area contributed by atoms with Crippen molar-refractivity contribution in [1.29, 1.82) is 0 Å². The van der Waals surface area contributed by atoms with Crippen LogP contribution < -0.4 is 4.90 Å². The lowest BCUT2D eigenvalue weighted by Crippen LogP contribution is -2.37. The van der Waals surface area contributed by atoms with Crippen LogP contribution in [-0.2, 0) is 32.8 Å². The van der Waals surface area contributed by atoms with Crippen LogP contribution in [-0.4, -0.2) is 76.9 Å². The molecular weight excluding hydrogens is 569 g/mol. The monoisotopic (exact) mass is 598 g/mol. The van der Waals surface area contributed by atoms with E-state index >= 15 is 0 Å². The molecule has 12 heteroatoms. The number of hydrogen-bond acceptors (Lipinski definition) is 8. The second-order valence-electron chi connectivity index (χ2n) is 10.0. The van der Waals surface area contributed by atoms with Gasteiger partial charge >= 0.3 is 0 Å². The number of rotatable bonds is 8. The summed E-state index contributed by atoms with van der Waals surface area (Å²) in [6.07, 6.45) is 1.80. The molecule has 40 heavy (non-hydrogen) atoms. The number of anilines is 1. The lowest BCUT2D eigenvalue weighted by molar-refractivity contribution is 0.0985. The van der Waals surface area contributed by atoms with Crippen molar-refractivity contribution < 1.29 is 21.6 Å². The van der Waals surface area contributed by atoms with Crippen LogP contribution in [0.25, 0.3) is 10.2 Å². The van der Waals surface area contributed by atoms with E-state index < -0.39 is 19.9 Å². The number of benzene rings is 3. The highest BCUT2D eigenvalue weighted by atomic mass is 32.2. The Labute approximate surface area is 238 Å². The maximum absolute atomic E-state index is 13.7. The van der Waals surface area contributed by atoms with E-state index in [4.69, 9.17) is 0 Å². The minimum Gasteiger partial charge on any atom is -0.308 e. The molecule has 210 valence electrons. The van der Waals surface area contributed by atoms with Gasteiger partial charge in [0.15, 0.2) is 15.0 Å². The summed E-state index contributed by atoms with van der Waals surface area (Å²) in [5.74, 6) is -0.319. The van der Waals surface area contributed by atoms with E-state index in [1.807, 2.05) is 43.3 Å². The molecule has 2 heterocycles. The molecule has 9 nitrogen and oxygen atoms in total. The fourth-order valence-corrected chi connectivity index (χ4v) is 7.74. The van der Waals surface area contributed by atoms with Gasteiger partial charge in [-0.2, -0.15) is 4.31 Å². The number of hydrogen-bond donors (Lipinski definition) is 0. The molecule has 5 rings (SSSR count). The molecule has 1 aliphatic heterocycles. The average molecular weight is 599 g/mol. The van der Waals surface area contributed by atoms with E-state index in [1.165, 1.54) is 46.0 Å². The van der Waals surface area contributed by atoms with Gasteiger partial charge in [-0.1, -0.05) is 35.6 Å². The van der Waals surface area contributed by atoms with Gasteiger partial charge in [0.25, 0.3) is 5.91 Å². The van der Waals surface area contributed by atoms with Crippen molar-refractivity contribution in [1.82, 2.24) is 14.2 Å². The second-order valence-corrected chi connectivity index (χ2v) is 15.0. The van der Waals surface area contributed by atoms with Crippen molar-refractivity contribution in [2.45, 2.75) is 22.8 Å². The third-order valence-electron chi connectivity index (χ3n) is 6.86. The van der Waals surface area contributed by atoms with Crippen molar-refractivity contribution in [3.05, 3.63) is 83.4 Å². The average Bonchev–Trinajstić information content (AvgIpc) is 3.35. The van der Waals surface area contributed by atoms with E-state index in [9.17, 15) is 21.6 Å². The fourth-order valence-electron chi connectivity index (χ4n) is 4.57. The largest absolute Gasteiger partial charge is 0.308 e. The van der Waals surface area contributed by atoms with Crippen molar-refractivity contribution in [3.63, 3.8) is 0 Å². The SMILES string of the molecule is CN(C)CCN(C(=O)c1ccc(S(=O)(=O)N2CCc3ccccc3C2)cc1)c1nc2ccc(S(C)(=O)=O)cc2s1. The Morgan fingerprint density at radius 1 is 0.925 bits per heavy atom. The van der Waals surface area contributed by atoms with Crippen LogP contribution in [0.5, 0.6) is 0 Å². The highest BCUT2D eigenvalue weighted by molar-refractivity contribution is 7.90. The summed E-state index contributed by atoms with van der Waals surface area (Å²) in [5.41, 5.74) is 3.09. The number of amides is 1. The molecule has 1 amide bonds. The van der Waals surface area contributed by atoms with Gasteiger partial charge in [-0.05, 0) is 74.1 Å². The first kappa shape index (κ1) is 28.4. The molecule has 0 atom stereocenters. The Hall–Kier alpha value is -3.16. The normalized spacial score (nSPS) is 14.4. The Kier molecular flexibility index (Phi) is 7.81. The van der Waals surface area contributed by atoms with Crippen LogP contribution >= 0.6 is 11.3 Å². The molecule has 0 saturated carbocycles. The van der Waals surface area contributed by atoms with Gasteiger partial charge in [-0.25, -0.2) is 21.8 Å². The first-order valence-corrected chi connectivity index (χ1v) is 16.8. The van der Waals surface area contributed by atoms with Gasteiger partial charge in [-0.3, -0.25) is 9.69 Å². The minimum absolute atomic E-state index is 0.136. The molecule has 0 unspecified atom stereocenters. The summed E-state index contributed by atoms with van der Waals surface area (Å²) in [7, 11) is -3.32. The second kappa shape index (κ2) is 11.0. The third kappa shape index (κ3) is 5.81. The molecule has 0 aliphatic carbocycles. The number of thiazole rings is 1. The smallest absolute Gasteiger partial charge is 0.260 e. The molecule has 0 saturated heterocycles. The zero-order chi connectivity index (χ0) is 28.7. The lowest BCUT2D eigenvalue weighted by Gasteiger charge is -2.28. The molecule has 1 aromatic heterocycles. The minimum atomic E-state index is -3.73. The van der Waals surface area contributed by atoms with Crippen molar-refractivity contribution >= 4 is 52.5 Å². The van der Waals surface area contributed by atoms with Crippen LogP contribution in [0.2, 0.25) is 0 Å². The Morgan fingerprint density at radius 2 is 1.60 bits per heavy atom. The van der Waals surface area contributed by atoms with E-state index in [1.54, 1.807) is 17.0 Å². The maximum Gasteiger partial charge on any atom is 0.260 e. The fraction of sp³-hybridized carbons (Fsp3) is 0.286. The highest BCUT2D eigenvalue weighted by Gasteiger charge is 2.29. The molecule has 3 aromatic carbocycles. The van der Waals surface area contributed by atoms with Crippen LogP contribution in [0.4, 0.5) is 5.13 Å². The Bertz CT molecular complexity index is 1780. The van der Waals surface area contributed by atoms with Gasteiger partial charge < -0.3 is 4.90 Å². The van der Waals surface area contributed by atoms with E-state index in [-0.39, 0.29) is 15.7 Å². The van der Waals surface area contributed by atoms with Gasteiger partial charge in [0.05, 0.1) is 20.0 Å².